The zero-order valence-corrected chi connectivity index (χ0v) is 16.3. The Bertz CT molecular complexity index is 924. The van der Waals surface area contributed by atoms with Crippen LogP contribution in [-0.4, -0.2) is 10.8 Å². The second kappa shape index (κ2) is 5.67. The standard InChI is InChI=1S/C24H28N2O/c1-23-9-7-18(27)12-16(23)3-4-19-21-6-5-20(15-11-17(25)14-26-13-15)24(21,2)10-8-22(19)23/h5-6,11-14,19,22H,3-4,7-10,25H2,1-2H3/t19?,22?,23-,24+/m0/s1. The minimum absolute atomic E-state index is 0.0959. The molecule has 0 spiro atoms. The van der Waals surface area contributed by atoms with Crippen LogP contribution in [0.1, 0.15) is 57.9 Å². The molecule has 1 aromatic rings. The Morgan fingerprint density at radius 1 is 1.11 bits per heavy atom. The van der Waals surface area contributed by atoms with E-state index in [9.17, 15) is 4.79 Å². The number of allylic oxidation sites excluding steroid dienone is 6. The maximum absolute atomic E-state index is 12.0. The predicted molar refractivity (Wildman–Crippen MR) is 109 cm³/mol. The lowest BCUT2D eigenvalue weighted by atomic mass is 9.48. The van der Waals surface area contributed by atoms with Crippen molar-refractivity contribution in [1.82, 2.24) is 4.98 Å². The molecule has 0 aromatic carbocycles. The molecule has 0 saturated heterocycles. The normalized spacial score (nSPS) is 37.6. The number of fused-ring (bicyclic) bond motifs is 5. The van der Waals surface area contributed by atoms with E-state index in [1.54, 1.807) is 11.8 Å². The molecule has 0 aliphatic heterocycles. The summed E-state index contributed by atoms with van der Waals surface area (Å²) in [5, 5.41) is 0. The third-order valence-electron chi connectivity index (χ3n) is 8.07. The fourth-order valence-electron chi connectivity index (χ4n) is 6.58. The van der Waals surface area contributed by atoms with Crippen LogP contribution in [0.4, 0.5) is 5.69 Å². The summed E-state index contributed by atoms with van der Waals surface area (Å²) in [6.45, 7) is 4.84. The van der Waals surface area contributed by atoms with E-state index in [1.807, 2.05) is 12.3 Å². The molecule has 2 unspecified atom stereocenters. The van der Waals surface area contributed by atoms with E-state index in [1.165, 1.54) is 24.0 Å². The number of pyridine rings is 1. The molecule has 0 radical (unpaired) electrons. The van der Waals surface area contributed by atoms with E-state index in [0.29, 0.717) is 17.6 Å². The van der Waals surface area contributed by atoms with Crippen LogP contribution in [0.25, 0.3) is 5.57 Å². The quantitative estimate of drug-likeness (QED) is 0.757. The van der Waals surface area contributed by atoms with Gasteiger partial charge in [-0.25, -0.2) is 0 Å². The molecule has 1 aromatic heterocycles. The van der Waals surface area contributed by atoms with Gasteiger partial charge in [0.05, 0.1) is 5.69 Å². The number of carbonyl (C=O) groups excluding carboxylic acids is 1. The largest absolute Gasteiger partial charge is 0.397 e. The molecule has 0 amide bonds. The van der Waals surface area contributed by atoms with Crippen molar-refractivity contribution in [3.63, 3.8) is 0 Å². The van der Waals surface area contributed by atoms with Gasteiger partial charge in [0, 0.05) is 24.2 Å². The summed E-state index contributed by atoms with van der Waals surface area (Å²) in [4.78, 5) is 16.3. The molecule has 2 saturated carbocycles. The Morgan fingerprint density at radius 2 is 1.96 bits per heavy atom. The van der Waals surface area contributed by atoms with E-state index in [2.05, 4.69) is 37.0 Å². The third-order valence-corrected chi connectivity index (χ3v) is 8.07. The van der Waals surface area contributed by atoms with Crippen LogP contribution in [-0.2, 0) is 4.79 Å². The molecule has 140 valence electrons. The lowest BCUT2D eigenvalue weighted by Gasteiger charge is -2.56. The van der Waals surface area contributed by atoms with Crippen LogP contribution in [0.3, 0.4) is 0 Å². The van der Waals surface area contributed by atoms with Gasteiger partial charge >= 0.3 is 0 Å². The number of carbonyl (C=O) groups is 1. The molecule has 5 rings (SSSR count). The van der Waals surface area contributed by atoms with Crippen LogP contribution < -0.4 is 5.73 Å². The highest BCUT2D eigenvalue weighted by atomic mass is 16.1. The Balaban J connectivity index is 1.50. The topological polar surface area (TPSA) is 56.0 Å². The Morgan fingerprint density at radius 3 is 2.78 bits per heavy atom. The van der Waals surface area contributed by atoms with Gasteiger partial charge in [0.25, 0.3) is 0 Å². The molecular formula is C24H28N2O. The van der Waals surface area contributed by atoms with Gasteiger partial charge in [-0.1, -0.05) is 37.1 Å². The highest BCUT2D eigenvalue weighted by Crippen LogP contribution is 2.65. The lowest BCUT2D eigenvalue weighted by molar-refractivity contribution is -0.116. The number of nitrogen functional groups attached to an aromatic ring is 1. The maximum Gasteiger partial charge on any atom is 0.155 e. The summed E-state index contributed by atoms with van der Waals surface area (Å²) >= 11 is 0. The highest BCUT2D eigenvalue weighted by molar-refractivity contribution is 5.91. The van der Waals surface area contributed by atoms with Gasteiger partial charge in [-0.05, 0) is 72.6 Å². The molecule has 27 heavy (non-hydrogen) atoms. The zero-order chi connectivity index (χ0) is 18.8. The third kappa shape index (κ3) is 2.33. The van der Waals surface area contributed by atoms with Crippen LogP contribution >= 0.6 is 0 Å². The van der Waals surface area contributed by atoms with Gasteiger partial charge in [-0.3, -0.25) is 9.78 Å². The second-order valence-electron chi connectivity index (χ2n) is 9.39. The Hall–Kier alpha value is -2.16. The van der Waals surface area contributed by atoms with Gasteiger partial charge < -0.3 is 5.73 Å². The minimum Gasteiger partial charge on any atom is -0.397 e. The fourth-order valence-corrected chi connectivity index (χ4v) is 6.58. The van der Waals surface area contributed by atoms with Gasteiger partial charge in [0.15, 0.2) is 5.78 Å². The molecule has 4 aliphatic rings. The summed E-state index contributed by atoms with van der Waals surface area (Å²) in [5.41, 5.74) is 12.6. The van der Waals surface area contributed by atoms with Gasteiger partial charge in [0.1, 0.15) is 0 Å². The molecule has 4 atom stereocenters. The van der Waals surface area contributed by atoms with Crippen molar-refractivity contribution < 1.29 is 4.79 Å². The number of aromatic nitrogens is 1. The number of nitrogens with zero attached hydrogens (tertiary/aromatic N) is 1. The number of ketones is 1. The van der Waals surface area contributed by atoms with Gasteiger partial charge in [-0.2, -0.15) is 0 Å². The molecule has 3 heteroatoms. The smallest absolute Gasteiger partial charge is 0.155 e. The number of anilines is 1. The highest BCUT2D eigenvalue weighted by Gasteiger charge is 2.54. The first-order chi connectivity index (χ1) is 12.9. The monoisotopic (exact) mass is 360 g/mol. The van der Waals surface area contributed by atoms with Crippen LogP contribution in [0.15, 0.2) is 47.8 Å². The van der Waals surface area contributed by atoms with Crippen molar-refractivity contribution in [2.24, 2.45) is 22.7 Å². The van der Waals surface area contributed by atoms with Crippen molar-refractivity contribution in [3.8, 4) is 0 Å². The molecular weight excluding hydrogens is 332 g/mol. The summed E-state index contributed by atoms with van der Waals surface area (Å²) in [7, 11) is 0. The first-order valence-corrected chi connectivity index (χ1v) is 10.3. The Kier molecular flexibility index (Phi) is 3.56. The van der Waals surface area contributed by atoms with E-state index in [0.717, 1.165) is 36.9 Å². The van der Waals surface area contributed by atoms with E-state index in [-0.39, 0.29) is 10.8 Å². The van der Waals surface area contributed by atoms with Crippen molar-refractivity contribution in [2.75, 3.05) is 5.73 Å². The van der Waals surface area contributed by atoms with E-state index < -0.39 is 0 Å². The van der Waals surface area contributed by atoms with E-state index >= 15 is 0 Å². The average molecular weight is 361 g/mol. The zero-order valence-electron chi connectivity index (χ0n) is 16.3. The van der Waals surface area contributed by atoms with Crippen molar-refractivity contribution in [3.05, 3.63) is 53.4 Å². The SMILES string of the molecule is C[C@]12CCC3C(CCC4=CC(=O)CC[C@@]43C)C1=CC=C2c1cncc(N)c1. The number of hydrogen-bond donors (Lipinski definition) is 1. The van der Waals surface area contributed by atoms with Crippen LogP contribution in [0.2, 0.25) is 0 Å². The molecule has 3 nitrogen and oxygen atoms in total. The molecule has 1 heterocycles. The fraction of sp³-hybridized carbons (Fsp3) is 0.500. The first kappa shape index (κ1) is 17.0. The molecule has 4 aliphatic carbocycles. The van der Waals surface area contributed by atoms with Crippen LogP contribution in [0.5, 0.6) is 0 Å². The Labute approximate surface area is 161 Å². The predicted octanol–water partition coefficient (Wildman–Crippen LogP) is 5.11. The van der Waals surface area contributed by atoms with Crippen molar-refractivity contribution >= 4 is 17.0 Å². The van der Waals surface area contributed by atoms with Crippen molar-refractivity contribution in [2.45, 2.75) is 52.4 Å². The summed E-state index contributed by atoms with van der Waals surface area (Å²) in [5.74, 6) is 1.62. The van der Waals surface area contributed by atoms with Crippen LogP contribution in [0, 0.1) is 22.7 Å². The summed E-state index contributed by atoms with van der Waals surface area (Å²) in [6, 6.07) is 2.06. The maximum atomic E-state index is 12.0. The summed E-state index contributed by atoms with van der Waals surface area (Å²) < 4.78 is 0. The van der Waals surface area contributed by atoms with E-state index in [4.69, 9.17) is 5.73 Å². The first-order valence-electron chi connectivity index (χ1n) is 10.3. The number of rotatable bonds is 1. The van der Waals surface area contributed by atoms with Crippen molar-refractivity contribution in [1.29, 1.82) is 0 Å². The lowest BCUT2D eigenvalue weighted by Crippen LogP contribution is -2.47. The minimum atomic E-state index is 0.0959. The van der Waals surface area contributed by atoms with Gasteiger partial charge in [0.2, 0.25) is 0 Å². The van der Waals surface area contributed by atoms with Gasteiger partial charge in [-0.15, -0.1) is 0 Å². The molecule has 2 N–H and O–H groups in total. The molecule has 2 fully saturated rings. The number of nitrogens with two attached hydrogens (primary N) is 1. The molecule has 0 bridgehead atoms. The number of hydrogen-bond acceptors (Lipinski definition) is 3. The summed E-state index contributed by atoms with van der Waals surface area (Å²) in [6.07, 6.45) is 16.7. The average Bonchev–Trinajstić information content (AvgIpc) is 2.99. The second-order valence-corrected chi connectivity index (χ2v) is 9.39.